The number of carbonyl (C=O) groups is 2. The fourth-order valence-corrected chi connectivity index (χ4v) is 2.80. The highest BCUT2D eigenvalue weighted by Gasteiger charge is 2.08. The number of amides is 2. The predicted octanol–water partition coefficient (Wildman–Crippen LogP) is 4.14. The van der Waals surface area contributed by atoms with Gasteiger partial charge in [0.1, 0.15) is 12.4 Å². The minimum Gasteiger partial charge on any atom is -0.493 e. The molecule has 0 saturated carbocycles. The highest BCUT2D eigenvalue weighted by molar-refractivity contribution is 5.97. The van der Waals surface area contributed by atoms with Crippen molar-refractivity contribution >= 4 is 23.7 Å². The SMILES string of the molecule is COc1cc(C=NNC(=O)c2cccc(NC(C)=O)c2)ccc1OCc1ccc(F)cc1. The summed E-state index contributed by atoms with van der Waals surface area (Å²) < 4.78 is 24.1. The van der Waals surface area contributed by atoms with Crippen LogP contribution in [0, 0.1) is 5.82 Å². The van der Waals surface area contributed by atoms with Crippen molar-refractivity contribution in [2.75, 3.05) is 12.4 Å². The lowest BCUT2D eigenvalue weighted by Gasteiger charge is -2.11. The number of hydrazone groups is 1. The summed E-state index contributed by atoms with van der Waals surface area (Å²) in [5.41, 5.74) is 4.83. The van der Waals surface area contributed by atoms with E-state index in [1.54, 1.807) is 54.6 Å². The van der Waals surface area contributed by atoms with Crippen LogP contribution in [0.25, 0.3) is 0 Å². The summed E-state index contributed by atoms with van der Waals surface area (Å²) >= 11 is 0. The van der Waals surface area contributed by atoms with Crippen LogP contribution in [0.5, 0.6) is 11.5 Å². The van der Waals surface area contributed by atoms with Crippen molar-refractivity contribution in [3.05, 3.63) is 89.2 Å². The summed E-state index contributed by atoms with van der Waals surface area (Å²) in [6.45, 7) is 1.65. The van der Waals surface area contributed by atoms with Crippen LogP contribution in [0.4, 0.5) is 10.1 Å². The number of halogens is 1. The topological polar surface area (TPSA) is 89.0 Å². The normalized spacial score (nSPS) is 10.6. The molecular formula is C24H22FN3O4. The van der Waals surface area contributed by atoms with E-state index in [-0.39, 0.29) is 18.3 Å². The first-order valence-corrected chi connectivity index (χ1v) is 9.71. The lowest BCUT2D eigenvalue weighted by Crippen LogP contribution is -2.18. The van der Waals surface area contributed by atoms with Crippen LogP contribution >= 0.6 is 0 Å². The third kappa shape index (κ3) is 6.40. The zero-order valence-corrected chi connectivity index (χ0v) is 17.6. The molecule has 32 heavy (non-hydrogen) atoms. The Morgan fingerprint density at radius 1 is 1.03 bits per heavy atom. The molecule has 8 heteroatoms. The molecule has 7 nitrogen and oxygen atoms in total. The smallest absolute Gasteiger partial charge is 0.271 e. The minimum absolute atomic E-state index is 0.223. The summed E-state index contributed by atoms with van der Waals surface area (Å²) in [6.07, 6.45) is 1.47. The second-order valence-electron chi connectivity index (χ2n) is 6.79. The zero-order chi connectivity index (χ0) is 22.9. The Hall–Kier alpha value is -4.20. The molecule has 0 saturated heterocycles. The van der Waals surface area contributed by atoms with Crippen molar-refractivity contribution in [2.24, 2.45) is 5.10 Å². The fraction of sp³-hybridized carbons (Fsp3) is 0.125. The standard InChI is InChI=1S/C24H22FN3O4/c1-16(29)27-21-5-3-4-19(13-21)24(30)28-26-14-18-8-11-22(23(12-18)31-2)32-15-17-6-9-20(25)10-7-17/h3-14H,15H2,1-2H3,(H,27,29)(H,28,30). The van der Waals surface area contributed by atoms with Gasteiger partial charge >= 0.3 is 0 Å². The van der Waals surface area contributed by atoms with Crippen molar-refractivity contribution in [3.8, 4) is 11.5 Å². The number of nitrogens with one attached hydrogen (secondary N) is 2. The summed E-state index contributed by atoms with van der Waals surface area (Å²) in [5.74, 6) is 0.0694. The molecule has 0 aliphatic rings. The van der Waals surface area contributed by atoms with E-state index in [0.717, 1.165) is 5.56 Å². The van der Waals surface area contributed by atoms with Crippen LogP contribution in [-0.2, 0) is 11.4 Å². The monoisotopic (exact) mass is 435 g/mol. The number of rotatable bonds is 8. The van der Waals surface area contributed by atoms with E-state index < -0.39 is 5.91 Å². The molecule has 2 N–H and O–H groups in total. The first kappa shape index (κ1) is 22.5. The molecule has 3 aromatic carbocycles. The number of benzene rings is 3. The van der Waals surface area contributed by atoms with E-state index in [9.17, 15) is 14.0 Å². The maximum Gasteiger partial charge on any atom is 0.271 e. The van der Waals surface area contributed by atoms with E-state index in [2.05, 4.69) is 15.8 Å². The summed E-state index contributed by atoms with van der Waals surface area (Å²) in [5, 5.41) is 6.59. The molecule has 0 aliphatic carbocycles. The maximum atomic E-state index is 13.0. The van der Waals surface area contributed by atoms with Crippen molar-refractivity contribution in [1.82, 2.24) is 5.43 Å². The van der Waals surface area contributed by atoms with Gasteiger partial charge in [0.05, 0.1) is 13.3 Å². The van der Waals surface area contributed by atoms with Gasteiger partial charge in [-0.1, -0.05) is 18.2 Å². The van der Waals surface area contributed by atoms with Crippen LogP contribution in [-0.4, -0.2) is 25.1 Å². The third-order valence-corrected chi connectivity index (χ3v) is 4.32. The third-order valence-electron chi connectivity index (χ3n) is 4.32. The predicted molar refractivity (Wildman–Crippen MR) is 120 cm³/mol. The van der Waals surface area contributed by atoms with Gasteiger partial charge < -0.3 is 14.8 Å². The van der Waals surface area contributed by atoms with Gasteiger partial charge in [0.15, 0.2) is 11.5 Å². The quantitative estimate of drug-likeness (QED) is 0.411. The van der Waals surface area contributed by atoms with Crippen LogP contribution in [0.3, 0.4) is 0 Å². The van der Waals surface area contributed by atoms with E-state index >= 15 is 0 Å². The Bertz CT molecular complexity index is 1130. The first-order valence-electron chi connectivity index (χ1n) is 9.71. The molecule has 0 bridgehead atoms. The number of nitrogens with zero attached hydrogens (tertiary/aromatic N) is 1. The Kier molecular flexibility index (Phi) is 7.53. The van der Waals surface area contributed by atoms with Gasteiger partial charge in [-0.05, 0) is 59.7 Å². The lowest BCUT2D eigenvalue weighted by atomic mass is 10.2. The zero-order valence-electron chi connectivity index (χ0n) is 17.6. The van der Waals surface area contributed by atoms with Gasteiger partial charge in [-0.2, -0.15) is 5.10 Å². The summed E-state index contributed by atoms with van der Waals surface area (Å²) in [6, 6.07) is 17.8. The molecule has 0 spiro atoms. The molecule has 0 fully saturated rings. The number of methoxy groups -OCH3 is 1. The lowest BCUT2D eigenvalue weighted by molar-refractivity contribution is -0.114. The molecule has 3 rings (SSSR count). The van der Waals surface area contributed by atoms with E-state index in [0.29, 0.717) is 28.3 Å². The molecule has 0 aliphatic heterocycles. The van der Waals surface area contributed by atoms with Crippen LogP contribution in [0.2, 0.25) is 0 Å². The molecule has 0 unspecified atom stereocenters. The van der Waals surface area contributed by atoms with Crippen LogP contribution < -0.4 is 20.2 Å². The molecule has 0 heterocycles. The number of anilines is 1. The van der Waals surface area contributed by atoms with Crippen molar-refractivity contribution in [1.29, 1.82) is 0 Å². The Balaban J connectivity index is 1.61. The van der Waals surface area contributed by atoms with Gasteiger partial charge in [-0.15, -0.1) is 0 Å². The average Bonchev–Trinajstić information content (AvgIpc) is 2.78. The molecular weight excluding hydrogens is 413 g/mol. The van der Waals surface area contributed by atoms with Gasteiger partial charge in [0.25, 0.3) is 5.91 Å². The fourth-order valence-electron chi connectivity index (χ4n) is 2.80. The van der Waals surface area contributed by atoms with Gasteiger partial charge in [0.2, 0.25) is 5.91 Å². The largest absolute Gasteiger partial charge is 0.493 e. The number of carbonyl (C=O) groups excluding carboxylic acids is 2. The molecule has 0 aromatic heterocycles. The van der Waals surface area contributed by atoms with Gasteiger partial charge in [-0.25, -0.2) is 9.82 Å². The van der Waals surface area contributed by atoms with Crippen molar-refractivity contribution < 1.29 is 23.5 Å². The average molecular weight is 435 g/mol. The Morgan fingerprint density at radius 3 is 2.53 bits per heavy atom. The second kappa shape index (κ2) is 10.7. The highest BCUT2D eigenvalue weighted by atomic mass is 19.1. The molecule has 3 aromatic rings. The van der Waals surface area contributed by atoms with E-state index in [1.807, 2.05) is 0 Å². The molecule has 0 atom stereocenters. The van der Waals surface area contributed by atoms with Gasteiger partial charge in [-0.3, -0.25) is 9.59 Å². The van der Waals surface area contributed by atoms with E-state index in [1.165, 1.54) is 32.4 Å². The summed E-state index contributed by atoms with van der Waals surface area (Å²) in [7, 11) is 1.52. The second-order valence-corrected chi connectivity index (χ2v) is 6.79. The van der Waals surface area contributed by atoms with E-state index in [4.69, 9.17) is 9.47 Å². The van der Waals surface area contributed by atoms with Crippen molar-refractivity contribution in [2.45, 2.75) is 13.5 Å². The number of ether oxygens (including phenoxy) is 2. The Morgan fingerprint density at radius 2 is 1.81 bits per heavy atom. The minimum atomic E-state index is -0.417. The number of hydrogen-bond donors (Lipinski definition) is 2. The highest BCUT2D eigenvalue weighted by Crippen LogP contribution is 2.28. The van der Waals surface area contributed by atoms with Crippen molar-refractivity contribution in [3.63, 3.8) is 0 Å². The molecule has 2 amide bonds. The first-order chi connectivity index (χ1) is 15.4. The number of hydrogen-bond acceptors (Lipinski definition) is 5. The molecule has 164 valence electrons. The van der Waals surface area contributed by atoms with Crippen LogP contribution in [0.1, 0.15) is 28.4 Å². The van der Waals surface area contributed by atoms with Crippen LogP contribution in [0.15, 0.2) is 71.8 Å². The Labute approximate surface area is 184 Å². The maximum absolute atomic E-state index is 13.0. The van der Waals surface area contributed by atoms with Gasteiger partial charge in [0, 0.05) is 18.2 Å². The summed E-state index contributed by atoms with van der Waals surface area (Å²) in [4.78, 5) is 23.4. The molecule has 0 radical (unpaired) electrons.